The Kier molecular flexibility index (Phi) is 7.78. The molecule has 10 heteroatoms. The molecule has 0 bridgehead atoms. The van der Waals surface area contributed by atoms with Gasteiger partial charge in [0.05, 0.1) is 6.04 Å². The molecule has 220 valence electrons. The van der Waals surface area contributed by atoms with Gasteiger partial charge in [0.2, 0.25) is 5.91 Å². The summed E-state index contributed by atoms with van der Waals surface area (Å²) in [4.78, 5) is 44.2. The average molecular weight is 572 g/mol. The maximum Gasteiger partial charge on any atom is 0.408 e. The molecule has 0 unspecified atom stereocenters. The van der Waals surface area contributed by atoms with Gasteiger partial charge >= 0.3 is 6.09 Å². The van der Waals surface area contributed by atoms with Crippen LogP contribution >= 0.6 is 0 Å². The molecular weight excluding hydrogens is 535 g/mol. The van der Waals surface area contributed by atoms with Gasteiger partial charge in [-0.05, 0) is 75.6 Å². The van der Waals surface area contributed by atoms with E-state index >= 15 is 0 Å². The summed E-state index contributed by atoms with van der Waals surface area (Å²) in [6.45, 7) is 6.38. The number of carboxylic acid groups (broad SMARTS) is 1. The fourth-order valence-corrected chi connectivity index (χ4v) is 6.59. The second-order valence-electron chi connectivity index (χ2n) is 12.5. The van der Waals surface area contributed by atoms with E-state index in [1.54, 1.807) is 25.7 Å². The molecule has 1 N–H and O–H groups in total. The van der Waals surface area contributed by atoms with Crippen LogP contribution in [-0.4, -0.2) is 75.0 Å². The van der Waals surface area contributed by atoms with Crippen LogP contribution in [0, 0.1) is 23.4 Å². The van der Waals surface area contributed by atoms with E-state index in [1.807, 2.05) is 29.2 Å². The second kappa shape index (κ2) is 11.0. The predicted molar refractivity (Wildman–Crippen MR) is 146 cm³/mol. The first kappa shape index (κ1) is 29.0. The third-order valence-corrected chi connectivity index (χ3v) is 8.61. The first-order valence-corrected chi connectivity index (χ1v) is 14.2. The molecule has 5 rings (SSSR count). The topological polar surface area (TPSA) is 81.2 Å². The Morgan fingerprint density at radius 2 is 1.68 bits per heavy atom. The van der Waals surface area contributed by atoms with Gasteiger partial charge in [0.1, 0.15) is 5.82 Å². The predicted octanol–water partition coefficient (Wildman–Crippen LogP) is 5.43. The first-order chi connectivity index (χ1) is 19.3. The Morgan fingerprint density at radius 3 is 2.34 bits per heavy atom. The molecule has 2 aromatic carbocycles. The number of fused-ring (bicyclic) bond motifs is 1. The minimum absolute atomic E-state index is 0.0363. The lowest BCUT2D eigenvalue weighted by atomic mass is 9.95. The van der Waals surface area contributed by atoms with Gasteiger partial charge in [0.15, 0.2) is 11.6 Å². The smallest absolute Gasteiger partial charge is 0.408 e. The lowest BCUT2D eigenvalue weighted by Crippen LogP contribution is -2.54. The van der Waals surface area contributed by atoms with Crippen LogP contribution in [0.15, 0.2) is 36.4 Å². The molecule has 2 heterocycles. The van der Waals surface area contributed by atoms with Gasteiger partial charge in [-0.2, -0.15) is 0 Å². The van der Waals surface area contributed by atoms with Crippen molar-refractivity contribution >= 4 is 17.9 Å². The SMILES string of the molecule is CC(C)(C)N(C(=O)O)[C@@H](CC(=O)N1CC[C@H]2CN(C(=O)c3ccccc3C3CC3)C[C@H]21)Cc1cc(F)c(F)cc1F. The fourth-order valence-electron chi connectivity index (χ4n) is 6.59. The Balaban J connectivity index is 1.34. The van der Waals surface area contributed by atoms with E-state index in [1.165, 1.54) is 0 Å². The quantitative estimate of drug-likeness (QED) is 0.450. The summed E-state index contributed by atoms with van der Waals surface area (Å²) >= 11 is 0. The highest BCUT2D eigenvalue weighted by atomic mass is 19.2. The van der Waals surface area contributed by atoms with Crippen molar-refractivity contribution < 1.29 is 32.7 Å². The van der Waals surface area contributed by atoms with Gasteiger partial charge < -0.3 is 14.9 Å². The monoisotopic (exact) mass is 571 g/mol. The highest BCUT2D eigenvalue weighted by Gasteiger charge is 2.46. The van der Waals surface area contributed by atoms with Crippen LogP contribution in [0.1, 0.15) is 73.9 Å². The van der Waals surface area contributed by atoms with Crippen LogP contribution in [0.25, 0.3) is 0 Å². The number of nitrogens with zero attached hydrogens (tertiary/aromatic N) is 3. The molecule has 3 fully saturated rings. The van der Waals surface area contributed by atoms with E-state index in [0.29, 0.717) is 37.2 Å². The van der Waals surface area contributed by atoms with Crippen molar-refractivity contribution in [2.75, 3.05) is 19.6 Å². The van der Waals surface area contributed by atoms with E-state index in [4.69, 9.17) is 0 Å². The third-order valence-electron chi connectivity index (χ3n) is 8.61. The zero-order valence-electron chi connectivity index (χ0n) is 23.6. The van der Waals surface area contributed by atoms with Gasteiger partial charge in [0, 0.05) is 55.2 Å². The number of carbonyl (C=O) groups is 3. The number of hydrogen-bond donors (Lipinski definition) is 1. The number of hydrogen-bond acceptors (Lipinski definition) is 3. The summed E-state index contributed by atoms with van der Waals surface area (Å²) in [7, 11) is 0. The number of rotatable bonds is 7. The first-order valence-electron chi connectivity index (χ1n) is 14.2. The number of amides is 3. The summed E-state index contributed by atoms with van der Waals surface area (Å²) in [5.41, 5.74) is 0.628. The van der Waals surface area contributed by atoms with Gasteiger partial charge in [-0.25, -0.2) is 18.0 Å². The normalized spacial score (nSPS) is 21.1. The number of benzene rings is 2. The van der Waals surface area contributed by atoms with E-state index in [2.05, 4.69) is 0 Å². The van der Waals surface area contributed by atoms with Gasteiger partial charge in [-0.15, -0.1) is 0 Å². The van der Waals surface area contributed by atoms with Crippen LogP contribution < -0.4 is 0 Å². The molecule has 0 aromatic heterocycles. The molecule has 2 saturated heterocycles. The van der Waals surface area contributed by atoms with Gasteiger partial charge in [0.25, 0.3) is 5.91 Å². The number of likely N-dealkylation sites (tertiary alicyclic amines) is 2. The Morgan fingerprint density at radius 1 is 1.00 bits per heavy atom. The van der Waals surface area contributed by atoms with Gasteiger partial charge in [-0.1, -0.05) is 18.2 Å². The van der Waals surface area contributed by atoms with Crippen molar-refractivity contribution in [3.8, 4) is 0 Å². The van der Waals surface area contributed by atoms with Crippen LogP contribution in [0.2, 0.25) is 0 Å². The highest BCUT2D eigenvalue weighted by molar-refractivity contribution is 5.96. The maximum atomic E-state index is 14.6. The summed E-state index contributed by atoms with van der Waals surface area (Å²) in [5.74, 6) is -3.40. The van der Waals surface area contributed by atoms with Crippen LogP contribution in [0.3, 0.4) is 0 Å². The molecule has 0 spiro atoms. The molecule has 2 aliphatic heterocycles. The minimum atomic E-state index is -1.34. The van der Waals surface area contributed by atoms with Crippen molar-refractivity contribution in [1.29, 1.82) is 0 Å². The molecule has 3 amide bonds. The van der Waals surface area contributed by atoms with E-state index < -0.39 is 35.1 Å². The van der Waals surface area contributed by atoms with Crippen molar-refractivity contribution in [1.82, 2.24) is 14.7 Å². The third kappa shape index (κ3) is 5.92. The Bertz CT molecular complexity index is 1360. The molecular formula is C31H36F3N3O4. The lowest BCUT2D eigenvalue weighted by Gasteiger charge is -2.40. The molecule has 3 atom stereocenters. The van der Waals surface area contributed by atoms with Crippen molar-refractivity contribution in [3.63, 3.8) is 0 Å². The van der Waals surface area contributed by atoms with Crippen LogP contribution in [-0.2, 0) is 11.2 Å². The van der Waals surface area contributed by atoms with Gasteiger partial charge in [-0.3, -0.25) is 14.5 Å². The summed E-state index contributed by atoms with van der Waals surface area (Å²) in [6.07, 6.45) is 1.01. The fraction of sp³-hybridized carbons (Fsp3) is 0.516. The second-order valence-corrected chi connectivity index (χ2v) is 12.5. The molecule has 1 aliphatic carbocycles. The van der Waals surface area contributed by atoms with Crippen LogP contribution in [0.5, 0.6) is 0 Å². The largest absolute Gasteiger partial charge is 0.465 e. The molecule has 1 saturated carbocycles. The summed E-state index contributed by atoms with van der Waals surface area (Å²) in [6, 6.07) is 7.61. The van der Waals surface area contributed by atoms with Crippen molar-refractivity contribution in [2.24, 2.45) is 5.92 Å². The lowest BCUT2D eigenvalue weighted by molar-refractivity contribution is -0.133. The highest BCUT2D eigenvalue weighted by Crippen LogP contribution is 2.42. The Labute approximate surface area is 237 Å². The van der Waals surface area contributed by atoms with E-state index in [0.717, 1.165) is 35.8 Å². The molecule has 3 aliphatic rings. The van der Waals surface area contributed by atoms with Crippen LogP contribution in [0.4, 0.5) is 18.0 Å². The van der Waals surface area contributed by atoms with Crippen molar-refractivity contribution in [3.05, 3.63) is 70.5 Å². The minimum Gasteiger partial charge on any atom is -0.465 e. The van der Waals surface area contributed by atoms with Crippen molar-refractivity contribution in [2.45, 2.75) is 76.4 Å². The molecule has 7 nitrogen and oxygen atoms in total. The molecule has 2 aromatic rings. The van der Waals surface area contributed by atoms with E-state index in [9.17, 15) is 32.7 Å². The number of carbonyl (C=O) groups excluding carboxylic acids is 2. The zero-order valence-corrected chi connectivity index (χ0v) is 23.6. The van der Waals surface area contributed by atoms with E-state index in [-0.39, 0.29) is 42.2 Å². The molecule has 41 heavy (non-hydrogen) atoms. The average Bonchev–Trinajstić information content (AvgIpc) is 3.53. The standard InChI is InChI=1S/C31H36F3N3O4/c1-31(2,3)37(30(40)41)21(12-20-13-25(33)26(34)15-24(20)32)14-28(38)36-11-10-19-16-35(17-27(19)36)29(39)23-7-5-4-6-22(23)18-8-9-18/h4-7,13,15,18-19,21,27H,8-12,14,16-17H2,1-3H3,(H,40,41)/t19-,21+,27+/m0/s1. The number of halogens is 3. The zero-order chi connectivity index (χ0) is 29.6. The summed E-state index contributed by atoms with van der Waals surface area (Å²) < 4.78 is 42.1. The summed E-state index contributed by atoms with van der Waals surface area (Å²) in [5, 5.41) is 10.1. The Hall–Kier alpha value is -3.56. The maximum absolute atomic E-state index is 14.6. The molecule has 0 radical (unpaired) electrons.